The van der Waals surface area contributed by atoms with Gasteiger partial charge in [0.2, 0.25) is 0 Å². The van der Waals surface area contributed by atoms with Crippen LogP contribution in [0.3, 0.4) is 0 Å². The molecule has 0 aliphatic heterocycles. The van der Waals surface area contributed by atoms with Gasteiger partial charge in [-0.2, -0.15) is 52.7 Å². The summed E-state index contributed by atoms with van der Waals surface area (Å²) in [7, 11) is 0. The van der Waals surface area contributed by atoms with Crippen LogP contribution in [-0.2, 0) is 29.0 Å². The minimum Gasteiger partial charge on any atom is -0.326 e. The molecule has 0 radical (unpaired) electrons. The number of rotatable bonds is 3. The van der Waals surface area contributed by atoms with E-state index in [1.807, 2.05) is 0 Å². The summed E-state index contributed by atoms with van der Waals surface area (Å²) in [6, 6.07) is -1.33. The monoisotopic (exact) mass is 641 g/mol. The Morgan fingerprint density at radius 1 is 0.529 bits per heavy atom. The van der Waals surface area contributed by atoms with Crippen LogP contribution in [0.25, 0.3) is 0 Å². The highest BCUT2D eigenvalue weighted by Gasteiger charge is 2.45. The van der Waals surface area contributed by atoms with Crippen molar-refractivity contribution in [3.63, 3.8) is 0 Å². The molecule has 0 fully saturated rings. The number of halogens is 14. The molecule has 2 aromatic rings. The number of hydrogen-bond donors (Lipinski definition) is 1. The molecule has 2 aromatic carbocycles. The lowest BCUT2D eigenvalue weighted by molar-refractivity contribution is -0.144. The average molecular weight is 643 g/mol. The van der Waals surface area contributed by atoms with E-state index in [1.54, 1.807) is 0 Å². The molecule has 0 saturated carbocycles. The summed E-state index contributed by atoms with van der Waals surface area (Å²) in [4.78, 5) is 0. The van der Waals surface area contributed by atoms with E-state index in [0.717, 1.165) is 6.92 Å². The molecule has 192 valence electrons. The maximum absolute atomic E-state index is 13.3. The molecule has 15 heteroatoms. The summed E-state index contributed by atoms with van der Waals surface area (Å²) in [5, 5.41) is 0. The van der Waals surface area contributed by atoms with Gasteiger partial charge in [-0.25, -0.2) is 0 Å². The summed E-state index contributed by atoms with van der Waals surface area (Å²) in [6.07, 6.45) is -21.3. The van der Waals surface area contributed by atoms with Gasteiger partial charge in [-0.05, 0) is 54.4 Å². The molecular weight excluding hydrogens is 630 g/mol. The van der Waals surface area contributed by atoms with Gasteiger partial charge in [0, 0.05) is 6.04 Å². The van der Waals surface area contributed by atoms with Gasteiger partial charge in [-0.15, -0.1) is 17.0 Å². The number of benzene rings is 2. The fraction of sp³-hybridized carbons (Fsp3) is 0.368. The van der Waals surface area contributed by atoms with Crippen LogP contribution in [0.5, 0.6) is 0 Å². The van der Waals surface area contributed by atoms with Crippen LogP contribution in [0, 0.1) is 0 Å². The second kappa shape index (κ2) is 9.52. The summed E-state index contributed by atoms with van der Waals surface area (Å²) < 4.78 is 157. The standard InChI is InChI=1S/C19H12BrF12N.BrH/c1-8(33)15(20,9-2-11(16(21,22)23)6-12(3-9)17(24,25)26)10-4-13(18(27,28)29)7-14(5-10)19(30,31)32;/h2-8H,33H2,1H3;1H/t8-;/m0./s1. The Hall–Kier alpha value is -1.48. The lowest BCUT2D eigenvalue weighted by atomic mass is 9.82. The average Bonchev–Trinajstić information content (AvgIpc) is 2.63. The van der Waals surface area contributed by atoms with Crippen LogP contribution in [-0.4, -0.2) is 6.04 Å². The van der Waals surface area contributed by atoms with E-state index in [-0.39, 0.29) is 53.4 Å². The molecule has 0 aliphatic rings. The highest BCUT2D eigenvalue weighted by molar-refractivity contribution is 9.09. The van der Waals surface area contributed by atoms with Crippen molar-refractivity contribution in [3.05, 3.63) is 69.8 Å². The molecule has 0 saturated heterocycles. The minimum atomic E-state index is -5.31. The molecule has 0 bridgehead atoms. The van der Waals surface area contributed by atoms with E-state index in [9.17, 15) is 52.7 Å². The zero-order valence-corrected chi connectivity index (χ0v) is 19.7. The van der Waals surface area contributed by atoms with Gasteiger partial charge in [0.1, 0.15) is 0 Å². The zero-order valence-electron chi connectivity index (χ0n) is 16.4. The van der Waals surface area contributed by atoms with E-state index in [2.05, 4.69) is 15.9 Å². The molecule has 0 amide bonds. The van der Waals surface area contributed by atoms with Crippen molar-refractivity contribution < 1.29 is 52.7 Å². The van der Waals surface area contributed by atoms with E-state index in [4.69, 9.17) is 5.73 Å². The lowest BCUT2D eigenvalue weighted by Crippen LogP contribution is -2.40. The maximum Gasteiger partial charge on any atom is 0.416 e. The largest absolute Gasteiger partial charge is 0.416 e. The van der Waals surface area contributed by atoms with Gasteiger partial charge in [-0.3, -0.25) is 0 Å². The van der Waals surface area contributed by atoms with E-state index >= 15 is 0 Å². The second-order valence-corrected chi connectivity index (χ2v) is 8.34. The van der Waals surface area contributed by atoms with Crippen LogP contribution >= 0.6 is 32.9 Å². The predicted molar refractivity (Wildman–Crippen MR) is 107 cm³/mol. The Morgan fingerprint density at radius 3 is 0.853 bits per heavy atom. The molecule has 0 heterocycles. The normalized spacial score (nSPS) is 14.6. The molecule has 2 rings (SSSR count). The molecule has 0 unspecified atom stereocenters. The third-order valence-electron chi connectivity index (χ3n) is 4.64. The van der Waals surface area contributed by atoms with Crippen LogP contribution < -0.4 is 5.73 Å². The first kappa shape index (κ1) is 30.6. The molecule has 0 aromatic heterocycles. The quantitative estimate of drug-likeness (QED) is 0.265. The van der Waals surface area contributed by atoms with Crippen molar-refractivity contribution >= 4 is 32.9 Å². The van der Waals surface area contributed by atoms with E-state index in [1.165, 1.54) is 0 Å². The van der Waals surface area contributed by atoms with Gasteiger partial charge in [-0.1, -0.05) is 15.9 Å². The minimum absolute atomic E-state index is 0. The maximum atomic E-state index is 13.3. The van der Waals surface area contributed by atoms with Gasteiger partial charge in [0.05, 0.1) is 26.6 Å². The SMILES string of the molecule is Br.C[C@H](N)C(Br)(c1cc(C(F)(F)F)cc(C(F)(F)F)c1)c1cc(C(F)(F)F)cc(C(F)(F)F)c1. The Balaban J connectivity index is 0.00000578. The van der Waals surface area contributed by atoms with Gasteiger partial charge in [0.15, 0.2) is 0 Å². The summed E-state index contributed by atoms with van der Waals surface area (Å²) in [6.45, 7) is 0.996. The fourth-order valence-electron chi connectivity index (χ4n) is 3.02. The predicted octanol–water partition coefficient (Wildman–Crippen LogP) is 8.33. The molecule has 1 atom stereocenters. The van der Waals surface area contributed by atoms with Gasteiger partial charge in [0.25, 0.3) is 0 Å². The first-order valence-corrected chi connectivity index (χ1v) is 9.41. The highest BCUT2D eigenvalue weighted by atomic mass is 79.9. The Labute approximate surface area is 203 Å². The number of hydrogen-bond acceptors (Lipinski definition) is 1. The van der Waals surface area contributed by atoms with Crippen molar-refractivity contribution in [3.8, 4) is 0 Å². The molecule has 34 heavy (non-hydrogen) atoms. The van der Waals surface area contributed by atoms with Crippen molar-refractivity contribution in [2.75, 3.05) is 0 Å². The Kier molecular flexibility index (Phi) is 8.56. The molecule has 0 aliphatic carbocycles. The summed E-state index contributed by atoms with van der Waals surface area (Å²) >= 11 is 2.78. The first-order chi connectivity index (χ1) is 14.6. The molecular formula is C19H13Br2F12N. The lowest BCUT2D eigenvalue weighted by Gasteiger charge is -2.34. The van der Waals surface area contributed by atoms with Crippen molar-refractivity contribution in [1.29, 1.82) is 0 Å². The van der Waals surface area contributed by atoms with Gasteiger partial charge >= 0.3 is 24.7 Å². The molecule has 1 nitrogen and oxygen atoms in total. The van der Waals surface area contributed by atoms with Crippen LogP contribution in [0.1, 0.15) is 40.3 Å². The first-order valence-electron chi connectivity index (χ1n) is 8.62. The number of nitrogens with two attached hydrogens (primary N) is 1. The summed E-state index contributed by atoms with van der Waals surface area (Å²) in [5.74, 6) is 0. The zero-order chi connectivity index (χ0) is 25.8. The number of alkyl halides is 13. The summed E-state index contributed by atoms with van der Waals surface area (Å²) in [5.41, 5.74) is -3.45. The van der Waals surface area contributed by atoms with Crippen molar-refractivity contribution in [1.82, 2.24) is 0 Å². The van der Waals surface area contributed by atoms with Crippen LogP contribution in [0.4, 0.5) is 52.7 Å². The van der Waals surface area contributed by atoms with Crippen molar-refractivity contribution in [2.24, 2.45) is 5.73 Å². The smallest absolute Gasteiger partial charge is 0.326 e. The van der Waals surface area contributed by atoms with Gasteiger partial charge < -0.3 is 5.73 Å². The topological polar surface area (TPSA) is 26.0 Å². The Bertz CT molecular complexity index is 880. The van der Waals surface area contributed by atoms with Crippen LogP contribution in [0.15, 0.2) is 36.4 Å². The molecule has 0 spiro atoms. The highest BCUT2D eigenvalue weighted by Crippen LogP contribution is 2.48. The van der Waals surface area contributed by atoms with Crippen LogP contribution in [0.2, 0.25) is 0 Å². The van der Waals surface area contributed by atoms with E-state index < -0.39 is 68.5 Å². The third-order valence-corrected chi connectivity index (χ3v) is 6.28. The second-order valence-electron chi connectivity index (χ2n) is 7.09. The third kappa shape index (κ3) is 6.39. The van der Waals surface area contributed by atoms with Crippen molar-refractivity contribution in [2.45, 2.75) is 42.0 Å². The molecule has 2 N–H and O–H groups in total. The Morgan fingerprint density at radius 2 is 0.706 bits per heavy atom. The van der Waals surface area contributed by atoms with E-state index in [0.29, 0.717) is 0 Å². The fourth-order valence-corrected chi connectivity index (χ4v) is 3.48.